The Balaban J connectivity index is 1.74. The third-order valence-electron chi connectivity index (χ3n) is 2.54. The average molecular weight is 222 g/mol. The summed E-state index contributed by atoms with van der Waals surface area (Å²) < 4.78 is 0. The van der Waals surface area contributed by atoms with E-state index in [2.05, 4.69) is 15.3 Å². The van der Waals surface area contributed by atoms with E-state index in [1.807, 2.05) is 0 Å². The lowest BCUT2D eigenvalue weighted by molar-refractivity contribution is -0.133. The summed E-state index contributed by atoms with van der Waals surface area (Å²) >= 11 is 0. The lowest BCUT2D eigenvalue weighted by atomic mass is 10.4. The van der Waals surface area contributed by atoms with E-state index in [4.69, 9.17) is 0 Å². The topological polar surface area (TPSA) is 78.1 Å². The Morgan fingerprint density at radius 1 is 1.62 bits per heavy atom. The van der Waals surface area contributed by atoms with Gasteiger partial charge in [-0.1, -0.05) is 0 Å². The molecule has 1 aromatic heterocycles. The first-order chi connectivity index (χ1) is 7.75. The highest BCUT2D eigenvalue weighted by atomic mass is 16.2. The highest BCUT2D eigenvalue weighted by Gasteiger charge is 2.21. The van der Waals surface area contributed by atoms with Gasteiger partial charge in [0.15, 0.2) is 0 Å². The van der Waals surface area contributed by atoms with Crippen molar-refractivity contribution in [1.82, 2.24) is 20.2 Å². The summed E-state index contributed by atoms with van der Waals surface area (Å²) in [5, 5.41) is 2.73. The average Bonchev–Trinajstić information content (AvgIpc) is 2.88. The number of aromatic amines is 1. The number of hydrogen-bond donors (Lipinski definition) is 2. The van der Waals surface area contributed by atoms with Crippen LogP contribution in [-0.2, 0) is 16.1 Å². The van der Waals surface area contributed by atoms with Gasteiger partial charge in [0.1, 0.15) is 0 Å². The molecule has 86 valence electrons. The number of nitrogens with one attached hydrogen (secondary N) is 2. The maximum absolute atomic E-state index is 11.5. The Morgan fingerprint density at radius 2 is 2.50 bits per heavy atom. The molecule has 0 aliphatic carbocycles. The predicted molar refractivity (Wildman–Crippen MR) is 56.2 cm³/mol. The molecule has 16 heavy (non-hydrogen) atoms. The molecule has 1 aliphatic heterocycles. The molecule has 1 fully saturated rings. The number of hydrogen-bond acceptors (Lipinski definition) is 3. The zero-order valence-electron chi connectivity index (χ0n) is 8.90. The number of H-pyrrole nitrogens is 1. The van der Waals surface area contributed by atoms with E-state index in [9.17, 15) is 9.59 Å². The monoisotopic (exact) mass is 222 g/mol. The summed E-state index contributed by atoms with van der Waals surface area (Å²) in [6, 6.07) is 0. The van der Waals surface area contributed by atoms with Gasteiger partial charge in [0, 0.05) is 19.2 Å². The molecule has 2 heterocycles. The molecule has 0 unspecified atom stereocenters. The van der Waals surface area contributed by atoms with Crippen LogP contribution in [0.2, 0.25) is 0 Å². The van der Waals surface area contributed by atoms with Gasteiger partial charge in [-0.25, -0.2) is 4.98 Å². The molecule has 1 aliphatic rings. The van der Waals surface area contributed by atoms with Crippen molar-refractivity contribution >= 4 is 11.8 Å². The SMILES string of the molecule is O=C(CN1CCCC1=O)NCc1cnc[nH]1. The summed E-state index contributed by atoms with van der Waals surface area (Å²) in [4.78, 5) is 31.1. The molecular formula is C10H14N4O2. The third kappa shape index (κ3) is 2.59. The number of likely N-dealkylation sites (tertiary alicyclic amines) is 1. The van der Waals surface area contributed by atoms with Crippen LogP contribution in [0, 0.1) is 0 Å². The van der Waals surface area contributed by atoms with Crippen molar-refractivity contribution in [3.8, 4) is 0 Å². The minimum atomic E-state index is -0.134. The van der Waals surface area contributed by atoms with Gasteiger partial charge in [-0.15, -0.1) is 0 Å². The molecule has 2 rings (SSSR count). The Bertz CT molecular complexity index is 374. The molecule has 0 aromatic carbocycles. The van der Waals surface area contributed by atoms with Gasteiger partial charge in [0.25, 0.3) is 0 Å². The number of carbonyl (C=O) groups excluding carboxylic acids is 2. The van der Waals surface area contributed by atoms with Crippen molar-refractivity contribution in [3.05, 3.63) is 18.2 Å². The molecule has 2 amide bonds. The van der Waals surface area contributed by atoms with Crippen LogP contribution >= 0.6 is 0 Å². The van der Waals surface area contributed by atoms with Crippen molar-refractivity contribution in [2.45, 2.75) is 19.4 Å². The van der Waals surface area contributed by atoms with Crippen molar-refractivity contribution < 1.29 is 9.59 Å². The van der Waals surface area contributed by atoms with E-state index in [0.717, 1.165) is 12.1 Å². The summed E-state index contributed by atoms with van der Waals surface area (Å²) in [5.41, 5.74) is 0.848. The standard InChI is InChI=1S/C10H14N4O2/c15-9(6-14-3-1-2-10(14)16)12-5-8-4-11-7-13-8/h4,7H,1-3,5-6H2,(H,11,13)(H,12,15). The highest BCUT2D eigenvalue weighted by molar-refractivity contribution is 5.85. The van der Waals surface area contributed by atoms with Gasteiger partial charge in [-0.2, -0.15) is 0 Å². The normalized spacial score (nSPS) is 15.5. The minimum Gasteiger partial charge on any atom is -0.349 e. The molecule has 6 nitrogen and oxygen atoms in total. The van der Waals surface area contributed by atoms with E-state index in [-0.39, 0.29) is 18.4 Å². The van der Waals surface area contributed by atoms with Crippen molar-refractivity contribution in [1.29, 1.82) is 0 Å². The summed E-state index contributed by atoms with van der Waals surface area (Å²) in [7, 11) is 0. The Morgan fingerprint density at radius 3 is 3.12 bits per heavy atom. The van der Waals surface area contributed by atoms with Gasteiger partial charge in [0.05, 0.1) is 25.1 Å². The molecule has 1 aromatic rings. The molecule has 0 bridgehead atoms. The number of rotatable bonds is 4. The van der Waals surface area contributed by atoms with Crippen LogP contribution in [0.25, 0.3) is 0 Å². The maximum Gasteiger partial charge on any atom is 0.239 e. The lowest BCUT2D eigenvalue weighted by Crippen LogP contribution is -2.37. The Kier molecular flexibility index (Phi) is 3.19. The number of imidazole rings is 1. The summed E-state index contributed by atoms with van der Waals surface area (Å²) in [6.45, 7) is 1.27. The van der Waals surface area contributed by atoms with Gasteiger partial charge >= 0.3 is 0 Å². The number of carbonyl (C=O) groups is 2. The number of aromatic nitrogens is 2. The second kappa shape index (κ2) is 4.78. The number of amides is 2. The Hall–Kier alpha value is -1.85. The van der Waals surface area contributed by atoms with Crippen LogP contribution in [0.5, 0.6) is 0 Å². The van der Waals surface area contributed by atoms with E-state index >= 15 is 0 Å². The summed E-state index contributed by atoms with van der Waals surface area (Å²) in [6.07, 6.45) is 4.63. The van der Waals surface area contributed by atoms with Crippen LogP contribution in [-0.4, -0.2) is 39.8 Å². The first-order valence-electron chi connectivity index (χ1n) is 5.27. The quantitative estimate of drug-likeness (QED) is 0.730. The van der Waals surface area contributed by atoms with Crippen LogP contribution in [0.1, 0.15) is 18.5 Å². The van der Waals surface area contributed by atoms with Crippen molar-refractivity contribution in [2.75, 3.05) is 13.1 Å². The molecule has 6 heteroatoms. The zero-order chi connectivity index (χ0) is 11.4. The van der Waals surface area contributed by atoms with Crippen LogP contribution in [0.15, 0.2) is 12.5 Å². The molecule has 0 saturated carbocycles. The van der Waals surface area contributed by atoms with Crippen LogP contribution in [0.4, 0.5) is 0 Å². The third-order valence-corrected chi connectivity index (χ3v) is 2.54. The van der Waals surface area contributed by atoms with E-state index < -0.39 is 0 Å². The lowest BCUT2D eigenvalue weighted by Gasteiger charge is -2.14. The van der Waals surface area contributed by atoms with E-state index in [1.54, 1.807) is 17.4 Å². The van der Waals surface area contributed by atoms with Crippen molar-refractivity contribution in [3.63, 3.8) is 0 Å². The molecule has 1 saturated heterocycles. The number of nitrogens with zero attached hydrogens (tertiary/aromatic N) is 2. The molecule has 0 spiro atoms. The molecule has 2 N–H and O–H groups in total. The largest absolute Gasteiger partial charge is 0.349 e. The van der Waals surface area contributed by atoms with Crippen molar-refractivity contribution in [2.24, 2.45) is 0 Å². The van der Waals surface area contributed by atoms with Gasteiger partial charge in [-0.3, -0.25) is 9.59 Å². The smallest absolute Gasteiger partial charge is 0.239 e. The molecule has 0 atom stereocenters. The Labute approximate surface area is 93.0 Å². The van der Waals surface area contributed by atoms with Gasteiger partial charge in [-0.05, 0) is 6.42 Å². The first-order valence-corrected chi connectivity index (χ1v) is 5.27. The predicted octanol–water partition coefficient (Wildman–Crippen LogP) is -0.352. The van der Waals surface area contributed by atoms with Crippen LogP contribution in [0.3, 0.4) is 0 Å². The fraction of sp³-hybridized carbons (Fsp3) is 0.500. The van der Waals surface area contributed by atoms with E-state index in [0.29, 0.717) is 19.5 Å². The van der Waals surface area contributed by atoms with Gasteiger partial charge in [0.2, 0.25) is 11.8 Å². The second-order valence-corrected chi connectivity index (χ2v) is 3.77. The molecular weight excluding hydrogens is 208 g/mol. The van der Waals surface area contributed by atoms with E-state index in [1.165, 1.54) is 0 Å². The summed E-state index contributed by atoms with van der Waals surface area (Å²) in [5.74, 6) is -0.0680. The zero-order valence-corrected chi connectivity index (χ0v) is 8.90. The fourth-order valence-electron chi connectivity index (χ4n) is 1.68. The fourth-order valence-corrected chi connectivity index (χ4v) is 1.68. The maximum atomic E-state index is 11.5. The molecule has 0 radical (unpaired) electrons. The highest BCUT2D eigenvalue weighted by Crippen LogP contribution is 2.08. The minimum absolute atomic E-state index is 0.0664. The second-order valence-electron chi connectivity index (χ2n) is 3.77. The van der Waals surface area contributed by atoms with Crippen LogP contribution < -0.4 is 5.32 Å². The van der Waals surface area contributed by atoms with Gasteiger partial charge < -0.3 is 15.2 Å². The first kappa shape index (κ1) is 10.7.